The molecule has 4 fully saturated rings. The van der Waals surface area contributed by atoms with Crippen LogP contribution in [0.2, 0.25) is 0 Å². The number of ether oxygens (including phenoxy) is 1. The van der Waals surface area contributed by atoms with Gasteiger partial charge in [0.15, 0.2) is 0 Å². The van der Waals surface area contributed by atoms with Gasteiger partial charge in [-0.2, -0.15) is 0 Å². The lowest BCUT2D eigenvalue weighted by atomic mass is 9.85. The summed E-state index contributed by atoms with van der Waals surface area (Å²) in [4.78, 5) is 2.87. The molecule has 2 saturated heterocycles. The van der Waals surface area contributed by atoms with E-state index in [1.165, 1.54) is 45.2 Å². The third kappa shape index (κ3) is 2.66. The van der Waals surface area contributed by atoms with Gasteiger partial charge in [0.25, 0.3) is 0 Å². The number of hydrogen-bond acceptors (Lipinski definition) is 3. The molecular weight excluding hydrogens is 260 g/mol. The van der Waals surface area contributed by atoms with Crippen molar-refractivity contribution in [2.75, 3.05) is 19.7 Å². The topological polar surface area (TPSA) is 24.5 Å². The maximum atomic E-state index is 6.15. The van der Waals surface area contributed by atoms with E-state index in [1.54, 1.807) is 0 Å². The molecule has 120 valence electrons. The van der Waals surface area contributed by atoms with E-state index < -0.39 is 0 Å². The van der Waals surface area contributed by atoms with Crippen LogP contribution in [0.5, 0.6) is 0 Å². The second-order valence-corrected chi connectivity index (χ2v) is 8.59. The van der Waals surface area contributed by atoms with Crippen molar-refractivity contribution in [2.45, 2.75) is 76.6 Å². The molecule has 0 bridgehead atoms. The van der Waals surface area contributed by atoms with Gasteiger partial charge in [0.1, 0.15) is 0 Å². The van der Waals surface area contributed by atoms with Gasteiger partial charge in [-0.15, -0.1) is 0 Å². The lowest BCUT2D eigenvalue weighted by Gasteiger charge is -2.51. The van der Waals surface area contributed by atoms with Gasteiger partial charge in [-0.25, -0.2) is 0 Å². The molecule has 2 saturated carbocycles. The van der Waals surface area contributed by atoms with Gasteiger partial charge in [0.2, 0.25) is 0 Å². The van der Waals surface area contributed by atoms with Crippen LogP contribution in [-0.4, -0.2) is 48.3 Å². The Hall–Kier alpha value is -0.120. The predicted molar refractivity (Wildman–Crippen MR) is 85.3 cm³/mol. The van der Waals surface area contributed by atoms with Gasteiger partial charge in [-0.05, 0) is 56.8 Å². The highest BCUT2D eigenvalue weighted by Crippen LogP contribution is 2.45. The molecular formula is C18H32N2O. The van der Waals surface area contributed by atoms with Crippen molar-refractivity contribution in [3.8, 4) is 0 Å². The summed E-state index contributed by atoms with van der Waals surface area (Å²) in [5.74, 6) is 2.50. The molecule has 0 radical (unpaired) electrons. The van der Waals surface area contributed by atoms with E-state index in [9.17, 15) is 0 Å². The van der Waals surface area contributed by atoms with Crippen molar-refractivity contribution in [3.63, 3.8) is 0 Å². The van der Waals surface area contributed by atoms with Crippen molar-refractivity contribution in [1.29, 1.82) is 0 Å². The first-order valence-corrected chi connectivity index (χ1v) is 9.21. The first-order chi connectivity index (χ1) is 10.1. The molecule has 0 aromatic carbocycles. The molecule has 0 amide bonds. The zero-order valence-electron chi connectivity index (χ0n) is 14.0. The Labute approximate surface area is 129 Å². The summed E-state index contributed by atoms with van der Waals surface area (Å²) < 4.78 is 6.15. The number of nitrogens with one attached hydrogen (secondary N) is 1. The molecule has 4 rings (SSSR count). The van der Waals surface area contributed by atoms with E-state index in [-0.39, 0.29) is 0 Å². The molecule has 3 heteroatoms. The molecule has 0 aromatic heterocycles. The first-order valence-electron chi connectivity index (χ1n) is 9.21. The maximum Gasteiger partial charge on any atom is 0.0759 e. The Morgan fingerprint density at radius 1 is 1.14 bits per heavy atom. The minimum Gasteiger partial charge on any atom is -0.376 e. The first kappa shape index (κ1) is 14.5. The Morgan fingerprint density at radius 2 is 1.90 bits per heavy atom. The van der Waals surface area contributed by atoms with E-state index in [4.69, 9.17) is 4.74 Å². The molecule has 4 aliphatic rings. The van der Waals surface area contributed by atoms with Crippen LogP contribution in [0.25, 0.3) is 0 Å². The highest BCUT2D eigenvalue weighted by Gasteiger charge is 2.51. The summed E-state index contributed by atoms with van der Waals surface area (Å²) in [6.45, 7) is 10.6. The predicted octanol–water partition coefficient (Wildman–Crippen LogP) is 2.65. The molecule has 3 nitrogen and oxygen atoms in total. The molecule has 1 N–H and O–H groups in total. The zero-order chi connectivity index (χ0) is 14.6. The fourth-order valence-corrected chi connectivity index (χ4v) is 4.81. The van der Waals surface area contributed by atoms with Crippen LogP contribution in [-0.2, 0) is 4.74 Å². The van der Waals surface area contributed by atoms with E-state index in [1.807, 2.05) is 0 Å². The van der Waals surface area contributed by atoms with Gasteiger partial charge in [-0.1, -0.05) is 13.8 Å². The maximum absolute atomic E-state index is 6.15. The molecule has 4 unspecified atom stereocenters. The largest absolute Gasteiger partial charge is 0.376 e. The summed E-state index contributed by atoms with van der Waals surface area (Å²) in [6, 6.07) is 1.37. The number of piperazine rings is 1. The van der Waals surface area contributed by atoms with Gasteiger partial charge < -0.3 is 10.1 Å². The quantitative estimate of drug-likeness (QED) is 0.862. The summed E-state index contributed by atoms with van der Waals surface area (Å²) in [5.41, 5.74) is 0.349. The van der Waals surface area contributed by atoms with E-state index in [0.29, 0.717) is 23.7 Å². The van der Waals surface area contributed by atoms with Crippen molar-refractivity contribution in [3.05, 3.63) is 0 Å². The van der Waals surface area contributed by atoms with Crippen LogP contribution in [0.4, 0.5) is 0 Å². The highest BCUT2D eigenvalue weighted by molar-refractivity contribution is 5.07. The van der Waals surface area contributed by atoms with Gasteiger partial charge in [-0.3, -0.25) is 4.90 Å². The average molecular weight is 292 g/mol. The number of rotatable bonds is 4. The Bertz CT molecular complexity index is 391. The minimum absolute atomic E-state index is 0.349. The Morgan fingerprint density at radius 3 is 2.52 bits per heavy atom. The van der Waals surface area contributed by atoms with Gasteiger partial charge in [0, 0.05) is 37.3 Å². The number of hydrogen-bond donors (Lipinski definition) is 1. The van der Waals surface area contributed by atoms with Crippen LogP contribution in [0.1, 0.15) is 52.9 Å². The third-order valence-corrected chi connectivity index (χ3v) is 6.52. The second kappa shape index (κ2) is 5.21. The van der Waals surface area contributed by atoms with E-state index in [2.05, 4.69) is 31.0 Å². The molecule has 2 aliphatic heterocycles. The highest BCUT2D eigenvalue weighted by atomic mass is 16.5. The Kier molecular flexibility index (Phi) is 3.59. The van der Waals surface area contributed by atoms with Crippen LogP contribution in [0, 0.1) is 17.8 Å². The summed E-state index contributed by atoms with van der Waals surface area (Å²) >= 11 is 0. The zero-order valence-corrected chi connectivity index (χ0v) is 14.0. The Balaban J connectivity index is 1.55. The monoisotopic (exact) mass is 292 g/mol. The molecule has 0 spiro atoms. The van der Waals surface area contributed by atoms with Crippen molar-refractivity contribution < 1.29 is 4.74 Å². The fourth-order valence-electron chi connectivity index (χ4n) is 4.81. The van der Waals surface area contributed by atoms with Gasteiger partial charge >= 0.3 is 0 Å². The number of nitrogens with zero attached hydrogens (tertiary/aromatic N) is 1. The third-order valence-electron chi connectivity index (χ3n) is 6.52. The molecule has 4 atom stereocenters. The smallest absolute Gasteiger partial charge is 0.0759 e. The SMILES string of the molecule is CC(C)C1CNC(C)(C2CC2)CN1C1CCOC1C1CC1. The minimum atomic E-state index is 0.349. The van der Waals surface area contributed by atoms with Crippen LogP contribution in [0.15, 0.2) is 0 Å². The molecule has 2 heterocycles. The normalized spacial score (nSPS) is 45.4. The lowest BCUT2D eigenvalue weighted by Crippen LogP contribution is -2.68. The standard InChI is InChI=1S/C18H32N2O/c1-12(2)16-10-19-18(3,14-6-7-14)11-20(16)15-8-9-21-17(15)13-4-5-13/h12-17,19H,4-11H2,1-3H3. The molecule has 0 aromatic rings. The molecule has 2 aliphatic carbocycles. The van der Waals surface area contributed by atoms with E-state index >= 15 is 0 Å². The van der Waals surface area contributed by atoms with E-state index in [0.717, 1.165) is 24.4 Å². The summed E-state index contributed by atoms with van der Waals surface area (Å²) in [7, 11) is 0. The lowest BCUT2D eigenvalue weighted by molar-refractivity contribution is -0.0199. The second-order valence-electron chi connectivity index (χ2n) is 8.59. The van der Waals surface area contributed by atoms with Gasteiger partial charge in [0.05, 0.1) is 6.10 Å². The summed E-state index contributed by atoms with van der Waals surface area (Å²) in [6.07, 6.45) is 7.45. The average Bonchev–Trinajstić information content (AvgIpc) is 3.36. The van der Waals surface area contributed by atoms with Crippen LogP contribution < -0.4 is 5.32 Å². The fraction of sp³-hybridized carbons (Fsp3) is 1.00. The van der Waals surface area contributed by atoms with Crippen LogP contribution >= 0.6 is 0 Å². The summed E-state index contributed by atoms with van der Waals surface area (Å²) in [5, 5.41) is 3.92. The van der Waals surface area contributed by atoms with Crippen LogP contribution in [0.3, 0.4) is 0 Å². The van der Waals surface area contributed by atoms with Crippen molar-refractivity contribution >= 4 is 0 Å². The van der Waals surface area contributed by atoms with Crippen molar-refractivity contribution in [2.24, 2.45) is 17.8 Å². The van der Waals surface area contributed by atoms with Crippen molar-refractivity contribution in [1.82, 2.24) is 10.2 Å². The molecule has 21 heavy (non-hydrogen) atoms.